The van der Waals surface area contributed by atoms with Crippen LogP contribution in [0.4, 0.5) is 0 Å². The Labute approximate surface area is 160 Å². The highest BCUT2D eigenvalue weighted by atomic mass is 16.5. The van der Waals surface area contributed by atoms with Crippen LogP contribution in [0.1, 0.15) is 36.4 Å². The number of rotatable bonds is 2. The number of para-hydroxylation sites is 1. The summed E-state index contributed by atoms with van der Waals surface area (Å²) >= 11 is 0. The average Bonchev–Trinajstić information content (AvgIpc) is 3.17. The number of fused-ring (bicyclic) bond motifs is 4. The topological polar surface area (TPSA) is 38.5 Å². The zero-order chi connectivity index (χ0) is 18.4. The quantitative estimate of drug-likeness (QED) is 0.888. The number of quaternary nitrogens is 1. The summed E-state index contributed by atoms with van der Waals surface area (Å²) in [4.78, 5) is 1.55. The lowest BCUT2D eigenvalue weighted by Gasteiger charge is -2.49. The molecule has 3 aliphatic rings. The molecular weight excluding hydrogens is 338 g/mol. The first-order valence-electron chi connectivity index (χ1n) is 9.80. The molecule has 1 N–H and O–H groups in total. The smallest absolute Gasteiger partial charge is 0.209 e. The summed E-state index contributed by atoms with van der Waals surface area (Å²) in [5, 5.41) is 7.38. The van der Waals surface area contributed by atoms with Crippen molar-refractivity contribution in [2.45, 2.75) is 31.0 Å². The summed E-state index contributed by atoms with van der Waals surface area (Å²) in [6.45, 7) is 2.17. The van der Waals surface area contributed by atoms with Crippen molar-refractivity contribution in [2.24, 2.45) is 5.10 Å². The maximum Gasteiger partial charge on any atom is 0.209 e. The summed E-state index contributed by atoms with van der Waals surface area (Å²) in [6, 6.07) is 16.9. The van der Waals surface area contributed by atoms with Crippen LogP contribution < -0.4 is 14.4 Å². The Morgan fingerprint density at radius 2 is 1.89 bits per heavy atom. The van der Waals surface area contributed by atoms with Gasteiger partial charge in [-0.3, -0.25) is 0 Å². The number of hydrogen-bond donors (Lipinski definition) is 1. The zero-order valence-electron chi connectivity index (χ0n) is 15.9. The van der Waals surface area contributed by atoms with E-state index in [4.69, 9.17) is 14.6 Å². The molecule has 0 saturated carbocycles. The molecule has 0 radical (unpaired) electrons. The van der Waals surface area contributed by atoms with Crippen molar-refractivity contribution >= 4 is 5.71 Å². The number of nitrogens with zero attached hydrogens (tertiary/aromatic N) is 2. The predicted molar refractivity (Wildman–Crippen MR) is 104 cm³/mol. The second-order valence-electron chi connectivity index (χ2n) is 7.86. The van der Waals surface area contributed by atoms with E-state index in [0.29, 0.717) is 0 Å². The van der Waals surface area contributed by atoms with Crippen molar-refractivity contribution in [3.63, 3.8) is 0 Å². The molecule has 0 aromatic heterocycles. The van der Waals surface area contributed by atoms with Crippen LogP contribution in [0.25, 0.3) is 0 Å². The Kier molecular flexibility index (Phi) is 3.86. The molecule has 0 amide bonds. The molecule has 3 heterocycles. The van der Waals surface area contributed by atoms with Crippen LogP contribution in [0.15, 0.2) is 53.6 Å². The highest BCUT2D eigenvalue weighted by Gasteiger charge is 2.53. The molecule has 0 bridgehead atoms. The second-order valence-corrected chi connectivity index (χ2v) is 7.86. The number of nitrogens with one attached hydrogen (secondary N) is 1. The Balaban J connectivity index is 1.61. The monoisotopic (exact) mass is 364 g/mol. The highest BCUT2D eigenvalue weighted by molar-refractivity contribution is 6.02. The first kappa shape index (κ1) is 16.6. The minimum atomic E-state index is -0.373. The molecule has 5 nitrogen and oxygen atoms in total. The van der Waals surface area contributed by atoms with Crippen LogP contribution in [0.5, 0.6) is 11.5 Å². The highest BCUT2D eigenvalue weighted by Crippen LogP contribution is 2.52. The van der Waals surface area contributed by atoms with Crippen molar-refractivity contribution in [1.82, 2.24) is 5.01 Å². The third-order valence-electron chi connectivity index (χ3n) is 6.20. The minimum absolute atomic E-state index is 0.206. The number of methoxy groups -OCH3 is 1. The minimum Gasteiger partial charge on any atom is -0.493 e. The number of hydrogen-bond acceptors (Lipinski definition) is 4. The van der Waals surface area contributed by atoms with Gasteiger partial charge in [-0.05, 0) is 11.6 Å². The zero-order valence-corrected chi connectivity index (χ0v) is 15.9. The van der Waals surface area contributed by atoms with Gasteiger partial charge in [0.15, 0.2) is 11.5 Å². The molecule has 27 heavy (non-hydrogen) atoms. The van der Waals surface area contributed by atoms with Gasteiger partial charge < -0.3 is 14.4 Å². The molecule has 1 atom stereocenters. The summed E-state index contributed by atoms with van der Waals surface area (Å²) in [5.41, 5.74) is 3.15. The lowest BCUT2D eigenvalue weighted by atomic mass is 9.90. The summed E-state index contributed by atoms with van der Waals surface area (Å²) in [6.07, 6.45) is 2.84. The van der Waals surface area contributed by atoms with Crippen molar-refractivity contribution in [2.75, 3.05) is 27.2 Å². The Morgan fingerprint density at radius 1 is 1.11 bits per heavy atom. The molecule has 1 spiro atoms. The Hall–Kier alpha value is -2.53. The van der Waals surface area contributed by atoms with Gasteiger partial charge in [0.2, 0.25) is 5.72 Å². The van der Waals surface area contributed by atoms with Crippen LogP contribution >= 0.6 is 0 Å². The van der Waals surface area contributed by atoms with Gasteiger partial charge in [-0.2, -0.15) is 5.10 Å². The average molecular weight is 364 g/mol. The van der Waals surface area contributed by atoms with E-state index in [1.165, 1.54) is 11.1 Å². The molecular formula is C22H26N3O2+. The van der Waals surface area contributed by atoms with Crippen LogP contribution in [0.3, 0.4) is 0 Å². The molecule has 2 aromatic rings. The maximum atomic E-state index is 6.71. The standard InChI is InChI=1S/C22H25N3O2/c1-24-13-11-22(12-14-24)25-19(15-18(23-25)16-7-4-3-5-8-16)17-9-6-10-20(26-2)21(17)27-22/h3-10,19H,11-15H2,1-2H3/p+1/t19-/m0/s1. The third-order valence-corrected chi connectivity index (χ3v) is 6.20. The van der Waals surface area contributed by atoms with Crippen LogP contribution in [0, 0.1) is 0 Å². The van der Waals surface area contributed by atoms with E-state index in [-0.39, 0.29) is 11.8 Å². The van der Waals surface area contributed by atoms with E-state index in [2.05, 4.69) is 54.5 Å². The number of benzene rings is 2. The van der Waals surface area contributed by atoms with E-state index in [1.807, 2.05) is 6.07 Å². The van der Waals surface area contributed by atoms with Crippen molar-refractivity contribution in [1.29, 1.82) is 0 Å². The van der Waals surface area contributed by atoms with Gasteiger partial charge in [-0.15, -0.1) is 0 Å². The van der Waals surface area contributed by atoms with Crippen molar-refractivity contribution in [3.05, 3.63) is 59.7 Å². The van der Waals surface area contributed by atoms with Gasteiger partial charge in [-0.1, -0.05) is 42.5 Å². The molecule has 1 fully saturated rings. The van der Waals surface area contributed by atoms with Crippen molar-refractivity contribution < 1.29 is 14.4 Å². The SMILES string of the molecule is COc1cccc2c1OC1(CC[NH+](C)CC1)N1N=C(c3ccccc3)C[C@@H]21. The summed E-state index contributed by atoms with van der Waals surface area (Å²) < 4.78 is 12.4. The van der Waals surface area contributed by atoms with Gasteiger partial charge >= 0.3 is 0 Å². The predicted octanol–water partition coefficient (Wildman–Crippen LogP) is 2.24. The van der Waals surface area contributed by atoms with E-state index < -0.39 is 0 Å². The molecule has 0 unspecified atom stereocenters. The molecule has 5 rings (SSSR count). The van der Waals surface area contributed by atoms with Gasteiger partial charge in [-0.25, -0.2) is 5.01 Å². The molecule has 140 valence electrons. The number of piperidine rings is 1. The number of ether oxygens (including phenoxy) is 2. The summed E-state index contributed by atoms with van der Waals surface area (Å²) in [7, 11) is 3.97. The van der Waals surface area contributed by atoms with Gasteiger partial charge in [0.1, 0.15) is 0 Å². The van der Waals surface area contributed by atoms with Crippen molar-refractivity contribution in [3.8, 4) is 11.5 Å². The largest absolute Gasteiger partial charge is 0.493 e. The van der Waals surface area contributed by atoms with Crippen LogP contribution in [0.2, 0.25) is 0 Å². The first-order chi connectivity index (χ1) is 13.2. The lowest BCUT2D eigenvalue weighted by molar-refractivity contribution is -0.888. The van der Waals surface area contributed by atoms with E-state index in [0.717, 1.165) is 49.6 Å². The first-order valence-corrected chi connectivity index (χ1v) is 9.80. The Bertz CT molecular complexity index is 872. The second kappa shape index (κ2) is 6.27. The fraction of sp³-hybridized carbons (Fsp3) is 0.409. The molecule has 5 heteroatoms. The van der Waals surface area contributed by atoms with Gasteiger partial charge in [0, 0.05) is 12.0 Å². The molecule has 0 aliphatic carbocycles. The van der Waals surface area contributed by atoms with Gasteiger partial charge in [0.05, 0.1) is 51.8 Å². The van der Waals surface area contributed by atoms with Crippen LogP contribution in [-0.4, -0.2) is 43.7 Å². The normalized spacial score (nSPS) is 29.0. The van der Waals surface area contributed by atoms with E-state index in [1.54, 1.807) is 12.0 Å². The number of hydrazone groups is 1. The summed E-state index contributed by atoms with van der Waals surface area (Å²) in [5.74, 6) is 1.73. The van der Waals surface area contributed by atoms with E-state index >= 15 is 0 Å². The lowest BCUT2D eigenvalue weighted by Crippen LogP contribution is -3.11. The fourth-order valence-electron chi connectivity index (χ4n) is 4.63. The fourth-order valence-corrected chi connectivity index (χ4v) is 4.63. The number of likely N-dealkylation sites (tertiary alicyclic amines) is 1. The molecule has 1 saturated heterocycles. The van der Waals surface area contributed by atoms with Gasteiger partial charge in [0.25, 0.3) is 0 Å². The molecule has 2 aromatic carbocycles. The molecule has 3 aliphatic heterocycles. The van der Waals surface area contributed by atoms with E-state index in [9.17, 15) is 0 Å². The third kappa shape index (κ3) is 2.60. The Morgan fingerprint density at radius 3 is 2.63 bits per heavy atom. The maximum absolute atomic E-state index is 6.71. The van der Waals surface area contributed by atoms with Crippen LogP contribution in [-0.2, 0) is 0 Å².